The lowest BCUT2D eigenvalue weighted by Gasteiger charge is -2.08. The van der Waals surface area contributed by atoms with Crippen molar-refractivity contribution >= 4 is 17.5 Å². The van der Waals surface area contributed by atoms with Gasteiger partial charge in [-0.15, -0.1) is 0 Å². The molecule has 0 aliphatic heterocycles. The van der Waals surface area contributed by atoms with Crippen molar-refractivity contribution in [3.05, 3.63) is 84.4 Å². The van der Waals surface area contributed by atoms with Gasteiger partial charge in [0.25, 0.3) is 0 Å². The van der Waals surface area contributed by atoms with Crippen molar-refractivity contribution in [3.63, 3.8) is 0 Å². The second-order valence-electron chi connectivity index (χ2n) is 9.00. The Morgan fingerprint density at radius 3 is 1.86 bits per heavy atom. The van der Waals surface area contributed by atoms with Crippen molar-refractivity contribution in [1.29, 1.82) is 0 Å². The van der Waals surface area contributed by atoms with Crippen LogP contribution in [0.15, 0.2) is 78.9 Å². The highest BCUT2D eigenvalue weighted by Crippen LogP contribution is 2.34. The number of nitrogens with zero attached hydrogens (tertiary/aromatic N) is 1. The second-order valence-corrected chi connectivity index (χ2v) is 9.00. The van der Waals surface area contributed by atoms with Gasteiger partial charge in [0, 0.05) is 47.8 Å². The van der Waals surface area contributed by atoms with Crippen LogP contribution in [0.2, 0.25) is 0 Å². The molecular formula is C32H38N4O. The maximum atomic E-state index is 5.39. The van der Waals surface area contributed by atoms with Gasteiger partial charge in [-0.25, -0.2) is 4.98 Å². The Morgan fingerprint density at radius 2 is 1.30 bits per heavy atom. The molecule has 0 spiro atoms. The average Bonchev–Trinajstić information content (AvgIpc) is 3.39. The summed E-state index contributed by atoms with van der Waals surface area (Å²) in [5.41, 5.74) is 8.62. The number of aromatic amines is 1. The zero-order chi connectivity index (χ0) is 25.9. The van der Waals surface area contributed by atoms with Crippen molar-refractivity contribution in [2.24, 2.45) is 0 Å². The standard InChI is InChI=1S/C32H38N4O/c1-4-21-33-28-17-13-25(14-18-28)30-31(26-15-19-29(20-16-26)34-22-5-2)36-32(35-30)27-11-9-24(10-12-27)8-7-23-37-6-3/h7-20,33-34H,4-6,21-23H2,1-3H3,(H,35,36). The molecular weight excluding hydrogens is 456 g/mol. The summed E-state index contributed by atoms with van der Waals surface area (Å²) >= 11 is 0. The van der Waals surface area contributed by atoms with Crippen molar-refractivity contribution in [1.82, 2.24) is 9.97 Å². The minimum atomic E-state index is 0.628. The summed E-state index contributed by atoms with van der Waals surface area (Å²) in [6.45, 7) is 9.63. The van der Waals surface area contributed by atoms with Crippen LogP contribution in [-0.4, -0.2) is 36.3 Å². The van der Waals surface area contributed by atoms with E-state index in [9.17, 15) is 0 Å². The number of hydrogen-bond acceptors (Lipinski definition) is 4. The minimum absolute atomic E-state index is 0.628. The quantitative estimate of drug-likeness (QED) is 0.164. The lowest BCUT2D eigenvalue weighted by atomic mass is 10.0. The fourth-order valence-electron chi connectivity index (χ4n) is 4.09. The Kier molecular flexibility index (Phi) is 9.55. The van der Waals surface area contributed by atoms with Gasteiger partial charge in [-0.3, -0.25) is 0 Å². The predicted molar refractivity (Wildman–Crippen MR) is 158 cm³/mol. The monoisotopic (exact) mass is 494 g/mol. The first kappa shape index (κ1) is 26.2. The van der Waals surface area contributed by atoms with Crippen LogP contribution in [0.4, 0.5) is 11.4 Å². The third-order valence-corrected chi connectivity index (χ3v) is 6.11. The molecule has 37 heavy (non-hydrogen) atoms. The number of aromatic nitrogens is 2. The summed E-state index contributed by atoms with van der Waals surface area (Å²) in [5.74, 6) is 0.858. The van der Waals surface area contributed by atoms with Crippen molar-refractivity contribution in [2.45, 2.75) is 33.6 Å². The molecule has 5 nitrogen and oxygen atoms in total. The Morgan fingerprint density at radius 1 is 0.730 bits per heavy atom. The molecule has 0 saturated carbocycles. The molecule has 192 valence electrons. The topological polar surface area (TPSA) is 62.0 Å². The van der Waals surface area contributed by atoms with Gasteiger partial charge in [0.2, 0.25) is 0 Å². The molecule has 0 fully saturated rings. The zero-order valence-corrected chi connectivity index (χ0v) is 22.2. The maximum Gasteiger partial charge on any atom is 0.138 e. The summed E-state index contributed by atoms with van der Waals surface area (Å²) in [4.78, 5) is 8.70. The Bertz CT molecular complexity index is 1190. The molecule has 0 saturated heterocycles. The van der Waals surface area contributed by atoms with Crippen LogP contribution in [-0.2, 0) is 4.74 Å². The number of imidazole rings is 1. The van der Waals surface area contributed by atoms with Crippen LogP contribution in [0, 0.1) is 0 Å². The average molecular weight is 495 g/mol. The Hall–Kier alpha value is -3.83. The highest BCUT2D eigenvalue weighted by molar-refractivity contribution is 5.82. The maximum absolute atomic E-state index is 5.39. The highest BCUT2D eigenvalue weighted by atomic mass is 16.5. The Labute approximate surface area is 221 Å². The van der Waals surface area contributed by atoms with E-state index in [-0.39, 0.29) is 0 Å². The molecule has 3 aromatic carbocycles. The number of anilines is 2. The van der Waals surface area contributed by atoms with Crippen LogP contribution in [0.5, 0.6) is 0 Å². The Balaban J connectivity index is 1.65. The molecule has 0 unspecified atom stereocenters. The van der Waals surface area contributed by atoms with Crippen LogP contribution in [0.1, 0.15) is 39.2 Å². The first-order valence-electron chi connectivity index (χ1n) is 13.3. The van der Waals surface area contributed by atoms with E-state index in [1.807, 2.05) is 13.0 Å². The summed E-state index contributed by atoms with van der Waals surface area (Å²) in [7, 11) is 0. The van der Waals surface area contributed by atoms with Gasteiger partial charge in [-0.1, -0.05) is 74.5 Å². The number of hydrogen-bond donors (Lipinski definition) is 3. The van der Waals surface area contributed by atoms with Crippen LogP contribution >= 0.6 is 0 Å². The summed E-state index contributed by atoms with van der Waals surface area (Å²) in [5, 5.41) is 6.91. The molecule has 0 amide bonds. The van der Waals surface area contributed by atoms with E-state index in [1.165, 1.54) is 0 Å². The zero-order valence-electron chi connectivity index (χ0n) is 22.2. The molecule has 3 N–H and O–H groups in total. The number of benzene rings is 3. The number of rotatable bonds is 13. The molecule has 1 heterocycles. The predicted octanol–water partition coefficient (Wildman–Crippen LogP) is 8.10. The van der Waals surface area contributed by atoms with Gasteiger partial charge >= 0.3 is 0 Å². The minimum Gasteiger partial charge on any atom is -0.385 e. The van der Waals surface area contributed by atoms with Gasteiger partial charge in [-0.2, -0.15) is 0 Å². The van der Waals surface area contributed by atoms with Gasteiger partial charge in [-0.05, 0) is 49.6 Å². The smallest absolute Gasteiger partial charge is 0.138 e. The van der Waals surface area contributed by atoms with Gasteiger partial charge in [0.1, 0.15) is 5.82 Å². The third kappa shape index (κ3) is 7.11. The molecule has 0 atom stereocenters. The van der Waals surface area contributed by atoms with Crippen molar-refractivity contribution in [3.8, 4) is 33.9 Å². The summed E-state index contributed by atoms with van der Waals surface area (Å²) in [6, 6.07) is 25.6. The van der Waals surface area contributed by atoms with E-state index >= 15 is 0 Å². The van der Waals surface area contributed by atoms with Gasteiger partial charge in [0.05, 0.1) is 18.0 Å². The van der Waals surface area contributed by atoms with Gasteiger partial charge < -0.3 is 20.4 Å². The van der Waals surface area contributed by atoms with Crippen molar-refractivity contribution < 1.29 is 4.74 Å². The SMILES string of the molecule is CCCNc1ccc(-c2nc(-c3ccc(C=CCOCC)cc3)[nH]c2-c2ccc(NCCC)cc2)cc1. The number of H-pyrrole nitrogens is 1. The first-order chi connectivity index (χ1) is 18.2. The lowest BCUT2D eigenvalue weighted by molar-refractivity contribution is 0.178. The van der Waals surface area contributed by atoms with E-state index in [2.05, 4.69) is 108 Å². The normalized spacial score (nSPS) is 11.2. The molecule has 4 rings (SSSR count). The second kappa shape index (κ2) is 13.5. The molecule has 0 aliphatic rings. The number of nitrogens with one attached hydrogen (secondary N) is 3. The fraction of sp³-hybridized carbons (Fsp3) is 0.281. The van der Waals surface area contributed by atoms with Crippen LogP contribution < -0.4 is 10.6 Å². The molecule has 4 aromatic rings. The third-order valence-electron chi connectivity index (χ3n) is 6.11. The fourth-order valence-corrected chi connectivity index (χ4v) is 4.09. The van der Waals surface area contributed by atoms with E-state index < -0.39 is 0 Å². The number of ether oxygens (including phenoxy) is 1. The van der Waals surface area contributed by atoms with E-state index in [0.717, 1.165) is 83.4 Å². The molecule has 0 bridgehead atoms. The van der Waals surface area contributed by atoms with E-state index in [4.69, 9.17) is 9.72 Å². The van der Waals surface area contributed by atoms with E-state index in [1.54, 1.807) is 0 Å². The molecule has 5 heteroatoms. The molecule has 0 radical (unpaired) electrons. The lowest BCUT2D eigenvalue weighted by Crippen LogP contribution is -1.99. The van der Waals surface area contributed by atoms with Crippen molar-refractivity contribution in [2.75, 3.05) is 36.9 Å². The summed E-state index contributed by atoms with van der Waals surface area (Å²) in [6.07, 6.45) is 6.32. The molecule has 0 aliphatic carbocycles. The summed E-state index contributed by atoms with van der Waals surface area (Å²) < 4.78 is 5.39. The van der Waals surface area contributed by atoms with Crippen LogP contribution in [0.3, 0.4) is 0 Å². The van der Waals surface area contributed by atoms with Crippen LogP contribution in [0.25, 0.3) is 40.0 Å². The molecule has 1 aromatic heterocycles. The first-order valence-corrected chi connectivity index (χ1v) is 13.3. The highest BCUT2D eigenvalue weighted by Gasteiger charge is 2.15. The van der Waals surface area contributed by atoms with E-state index in [0.29, 0.717) is 6.61 Å². The van der Waals surface area contributed by atoms with Gasteiger partial charge in [0.15, 0.2) is 0 Å². The largest absolute Gasteiger partial charge is 0.385 e.